The maximum Gasteiger partial charge on any atom is 0.269 e. The predicted octanol–water partition coefficient (Wildman–Crippen LogP) is 2.95. The quantitative estimate of drug-likeness (QED) is 0.614. The Morgan fingerprint density at radius 1 is 1.25 bits per heavy atom. The molecule has 0 spiro atoms. The fourth-order valence-electron chi connectivity index (χ4n) is 2.93. The molecule has 5 nitrogen and oxygen atoms in total. The van der Waals surface area contributed by atoms with Crippen LogP contribution in [-0.4, -0.2) is 36.1 Å². The third-order valence-electron chi connectivity index (χ3n) is 3.67. The summed E-state index contributed by atoms with van der Waals surface area (Å²) in [6.45, 7) is 8.38. The van der Waals surface area contributed by atoms with E-state index in [4.69, 9.17) is 4.74 Å². The molecule has 0 bridgehead atoms. The number of likely N-dealkylation sites (tertiary alicyclic amines) is 1. The lowest BCUT2D eigenvalue weighted by Gasteiger charge is -2.34. The molecule has 1 aliphatic heterocycles. The van der Waals surface area contributed by atoms with Crippen molar-refractivity contribution in [1.29, 1.82) is 0 Å². The monoisotopic (exact) mass is 278 g/mol. The number of non-ortho nitro benzene ring substituents is 1. The number of hydrogen-bond donors (Lipinski definition) is 0. The Kier molecular flexibility index (Phi) is 4.95. The molecule has 1 heterocycles. The zero-order chi connectivity index (χ0) is 14.5. The highest BCUT2D eigenvalue weighted by Gasteiger charge is 2.21. The van der Waals surface area contributed by atoms with Gasteiger partial charge in [0, 0.05) is 31.8 Å². The molecule has 0 radical (unpaired) electrons. The van der Waals surface area contributed by atoms with Crippen LogP contribution in [0.1, 0.15) is 20.3 Å². The van der Waals surface area contributed by atoms with Crippen LogP contribution in [0.5, 0.6) is 5.75 Å². The molecule has 1 aromatic carbocycles. The van der Waals surface area contributed by atoms with E-state index in [9.17, 15) is 10.1 Å². The van der Waals surface area contributed by atoms with Gasteiger partial charge in [-0.15, -0.1) is 0 Å². The summed E-state index contributed by atoms with van der Waals surface area (Å²) < 4.78 is 5.65. The van der Waals surface area contributed by atoms with Crippen molar-refractivity contribution < 1.29 is 9.66 Å². The molecule has 0 saturated carbocycles. The molecule has 0 amide bonds. The minimum atomic E-state index is -0.402. The summed E-state index contributed by atoms with van der Waals surface area (Å²) in [7, 11) is 0. The lowest BCUT2D eigenvalue weighted by atomic mass is 9.92. The van der Waals surface area contributed by atoms with E-state index in [1.807, 2.05) is 0 Å². The topological polar surface area (TPSA) is 55.6 Å². The molecule has 110 valence electrons. The van der Waals surface area contributed by atoms with Crippen LogP contribution in [0.15, 0.2) is 24.3 Å². The molecular formula is C15H22N2O3. The average Bonchev–Trinajstić information content (AvgIpc) is 2.38. The summed E-state index contributed by atoms with van der Waals surface area (Å²) in [4.78, 5) is 12.6. The van der Waals surface area contributed by atoms with Gasteiger partial charge in [-0.3, -0.25) is 15.0 Å². The predicted molar refractivity (Wildman–Crippen MR) is 78.0 cm³/mol. The van der Waals surface area contributed by atoms with Gasteiger partial charge in [-0.1, -0.05) is 13.8 Å². The Hall–Kier alpha value is -1.62. The van der Waals surface area contributed by atoms with Crippen molar-refractivity contribution in [2.45, 2.75) is 20.3 Å². The van der Waals surface area contributed by atoms with Gasteiger partial charge in [0.1, 0.15) is 12.4 Å². The fourth-order valence-corrected chi connectivity index (χ4v) is 2.93. The van der Waals surface area contributed by atoms with Crippen LogP contribution >= 0.6 is 0 Å². The normalized spacial score (nSPS) is 23.5. The Labute approximate surface area is 119 Å². The second-order valence-electron chi connectivity index (χ2n) is 5.81. The number of benzene rings is 1. The SMILES string of the molecule is C[C@@H]1C[C@H](C)CN(CCOc2ccc([N+](=O)[O-])cc2)C1. The third kappa shape index (κ3) is 4.20. The van der Waals surface area contributed by atoms with E-state index in [-0.39, 0.29) is 5.69 Å². The molecule has 1 aliphatic rings. The van der Waals surface area contributed by atoms with Crippen LogP contribution in [-0.2, 0) is 0 Å². The summed E-state index contributed by atoms with van der Waals surface area (Å²) in [6.07, 6.45) is 1.31. The first-order valence-corrected chi connectivity index (χ1v) is 7.14. The second kappa shape index (κ2) is 6.70. The minimum absolute atomic E-state index is 0.0935. The largest absolute Gasteiger partial charge is 0.492 e. The van der Waals surface area contributed by atoms with Gasteiger partial charge < -0.3 is 4.74 Å². The van der Waals surface area contributed by atoms with Crippen molar-refractivity contribution >= 4 is 5.69 Å². The van der Waals surface area contributed by atoms with Gasteiger partial charge >= 0.3 is 0 Å². The van der Waals surface area contributed by atoms with E-state index in [0.29, 0.717) is 12.4 Å². The highest BCUT2D eigenvalue weighted by Crippen LogP contribution is 2.21. The Morgan fingerprint density at radius 2 is 1.85 bits per heavy atom. The summed E-state index contributed by atoms with van der Waals surface area (Å²) in [6, 6.07) is 6.25. The number of nitrogens with zero attached hydrogens (tertiary/aromatic N) is 2. The zero-order valence-corrected chi connectivity index (χ0v) is 12.1. The fraction of sp³-hybridized carbons (Fsp3) is 0.600. The van der Waals surface area contributed by atoms with E-state index in [1.165, 1.54) is 18.6 Å². The molecule has 1 aromatic rings. The maximum absolute atomic E-state index is 10.6. The van der Waals surface area contributed by atoms with Crippen LogP contribution in [0.25, 0.3) is 0 Å². The number of piperidine rings is 1. The lowest BCUT2D eigenvalue weighted by molar-refractivity contribution is -0.384. The van der Waals surface area contributed by atoms with Crippen molar-refractivity contribution in [2.75, 3.05) is 26.2 Å². The molecule has 2 rings (SSSR count). The van der Waals surface area contributed by atoms with Crippen LogP contribution in [0.3, 0.4) is 0 Å². The van der Waals surface area contributed by atoms with E-state index < -0.39 is 4.92 Å². The molecule has 1 saturated heterocycles. The molecule has 5 heteroatoms. The van der Waals surface area contributed by atoms with Gasteiger partial charge in [0.25, 0.3) is 5.69 Å². The first-order chi connectivity index (χ1) is 9.54. The lowest BCUT2D eigenvalue weighted by Crippen LogP contribution is -2.40. The van der Waals surface area contributed by atoms with Crippen molar-refractivity contribution in [1.82, 2.24) is 4.90 Å². The second-order valence-corrected chi connectivity index (χ2v) is 5.81. The first-order valence-electron chi connectivity index (χ1n) is 7.14. The van der Waals surface area contributed by atoms with Crippen molar-refractivity contribution in [2.24, 2.45) is 11.8 Å². The molecule has 0 unspecified atom stereocenters. The van der Waals surface area contributed by atoms with Crippen molar-refractivity contribution in [3.8, 4) is 5.75 Å². The first kappa shape index (κ1) is 14.8. The summed E-state index contributed by atoms with van der Waals surface area (Å²) in [5.41, 5.74) is 0.0935. The highest BCUT2D eigenvalue weighted by atomic mass is 16.6. The van der Waals surface area contributed by atoms with E-state index in [2.05, 4.69) is 18.7 Å². The Balaban J connectivity index is 1.76. The molecule has 0 N–H and O–H groups in total. The van der Waals surface area contributed by atoms with Crippen molar-refractivity contribution in [3.05, 3.63) is 34.4 Å². The Morgan fingerprint density at radius 3 is 2.40 bits per heavy atom. The van der Waals surface area contributed by atoms with Crippen molar-refractivity contribution in [3.63, 3.8) is 0 Å². The zero-order valence-electron chi connectivity index (χ0n) is 12.1. The maximum atomic E-state index is 10.6. The molecule has 1 fully saturated rings. The van der Waals surface area contributed by atoms with Gasteiger partial charge in [-0.05, 0) is 30.4 Å². The van der Waals surface area contributed by atoms with Gasteiger partial charge in [0.05, 0.1) is 4.92 Å². The smallest absolute Gasteiger partial charge is 0.269 e. The number of rotatable bonds is 5. The Bertz CT molecular complexity index is 437. The molecule has 20 heavy (non-hydrogen) atoms. The third-order valence-corrected chi connectivity index (χ3v) is 3.67. The summed E-state index contributed by atoms with van der Waals surface area (Å²) >= 11 is 0. The number of ether oxygens (including phenoxy) is 1. The number of hydrogen-bond acceptors (Lipinski definition) is 4. The average molecular weight is 278 g/mol. The van der Waals surface area contributed by atoms with E-state index in [1.54, 1.807) is 12.1 Å². The van der Waals surface area contributed by atoms with Gasteiger partial charge in [-0.25, -0.2) is 0 Å². The summed E-state index contributed by atoms with van der Waals surface area (Å²) in [5.74, 6) is 2.19. The molecule has 0 aromatic heterocycles. The number of nitro benzene ring substituents is 1. The van der Waals surface area contributed by atoms with Crippen LogP contribution < -0.4 is 4.74 Å². The van der Waals surface area contributed by atoms with Crippen LogP contribution in [0.2, 0.25) is 0 Å². The number of nitro groups is 1. The molecule has 0 aliphatic carbocycles. The molecule has 2 atom stereocenters. The van der Waals surface area contributed by atoms with Gasteiger partial charge in [0.2, 0.25) is 0 Å². The standard InChI is InChI=1S/C15H22N2O3/c1-12-9-13(2)11-16(10-12)7-8-20-15-5-3-14(4-6-15)17(18)19/h3-6,12-13H,7-11H2,1-2H3/t12-,13+. The minimum Gasteiger partial charge on any atom is -0.492 e. The van der Waals surface area contributed by atoms with Gasteiger partial charge in [-0.2, -0.15) is 0 Å². The van der Waals surface area contributed by atoms with Crippen LogP contribution in [0.4, 0.5) is 5.69 Å². The van der Waals surface area contributed by atoms with Gasteiger partial charge in [0.15, 0.2) is 0 Å². The highest BCUT2D eigenvalue weighted by molar-refractivity contribution is 5.35. The summed E-state index contributed by atoms with van der Waals surface area (Å²) in [5, 5.41) is 10.6. The van der Waals surface area contributed by atoms with E-state index >= 15 is 0 Å². The van der Waals surface area contributed by atoms with E-state index in [0.717, 1.165) is 31.5 Å². The van der Waals surface area contributed by atoms with Crippen LogP contribution in [0, 0.1) is 22.0 Å². The molecular weight excluding hydrogens is 256 g/mol.